The van der Waals surface area contributed by atoms with Crippen LogP contribution in [0.2, 0.25) is 0 Å². The Kier molecular flexibility index (Phi) is 5.61. The molecule has 0 atom stereocenters. The van der Waals surface area contributed by atoms with Crippen LogP contribution in [-0.2, 0) is 23.1 Å². The van der Waals surface area contributed by atoms with Crippen LogP contribution >= 0.6 is 27.3 Å². The predicted molar refractivity (Wildman–Crippen MR) is 86.9 cm³/mol. The molecule has 2 N–H and O–H groups in total. The molecule has 0 saturated heterocycles. The van der Waals surface area contributed by atoms with Crippen molar-refractivity contribution in [2.45, 2.75) is 31.8 Å². The zero-order valence-corrected chi connectivity index (χ0v) is 15.0. The SMILES string of the molecule is CCNCc1cc(S(=O)(=O)NCc2cc(Br)cs2)c(C)o1. The van der Waals surface area contributed by atoms with Gasteiger partial charge in [-0.1, -0.05) is 6.92 Å². The Morgan fingerprint density at radius 2 is 2.10 bits per heavy atom. The number of rotatable bonds is 7. The lowest BCUT2D eigenvalue weighted by atomic mass is 10.4. The van der Waals surface area contributed by atoms with Gasteiger partial charge in [0.25, 0.3) is 0 Å². The number of halogens is 1. The Morgan fingerprint density at radius 1 is 1.33 bits per heavy atom. The molecule has 0 aliphatic carbocycles. The van der Waals surface area contributed by atoms with Crippen LogP contribution in [0.3, 0.4) is 0 Å². The summed E-state index contributed by atoms with van der Waals surface area (Å²) in [6.07, 6.45) is 0. The first kappa shape index (κ1) is 16.7. The zero-order valence-electron chi connectivity index (χ0n) is 11.8. The Balaban J connectivity index is 2.09. The van der Waals surface area contributed by atoms with Crippen LogP contribution in [0.1, 0.15) is 23.3 Å². The fourth-order valence-electron chi connectivity index (χ4n) is 1.82. The molecule has 0 bridgehead atoms. The van der Waals surface area contributed by atoms with Crippen LogP contribution < -0.4 is 10.0 Å². The number of furan rings is 1. The van der Waals surface area contributed by atoms with E-state index in [9.17, 15) is 8.42 Å². The van der Waals surface area contributed by atoms with E-state index < -0.39 is 10.0 Å². The van der Waals surface area contributed by atoms with E-state index in [1.54, 1.807) is 13.0 Å². The van der Waals surface area contributed by atoms with Crippen LogP contribution in [0.5, 0.6) is 0 Å². The summed E-state index contributed by atoms with van der Waals surface area (Å²) in [6, 6.07) is 3.47. The smallest absolute Gasteiger partial charge is 0.244 e. The quantitative estimate of drug-likeness (QED) is 0.759. The highest BCUT2D eigenvalue weighted by Gasteiger charge is 2.21. The van der Waals surface area contributed by atoms with E-state index in [1.165, 1.54) is 11.3 Å². The first-order valence-corrected chi connectivity index (χ1v) is 9.60. The maximum atomic E-state index is 12.3. The van der Waals surface area contributed by atoms with Crippen LogP contribution in [0.25, 0.3) is 0 Å². The number of thiophene rings is 1. The van der Waals surface area contributed by atoms with Gasteiger partial charge in [-0.05, 0) is 35.5 Å². The predicted octanol–water partition coefficient (Wildman–Crippen LogP) is 3.00. The van der Waals surface area contributed by atoms with Gasteiger partial charge < -0.3 is 9.73 Å². The Labute approximate surface area is 136 Å². The molecule has 21 heavy (non-hydrogen) atoms. The van der Waals surface area contributed by atoms with Crippen molar-refractivity contribution in [3.05, 3.63) is 38.4 Å². The molecule has 116 valence electrons. The van der Waals surface area contributed by atoms with Gasteiger partial charge in [0, 0.05) is 27.3 Å². The maximum absolute atomic E-state index is 12.3. The fourth-order valence-corrected chi connectivity index (χ4v) is 4.51. The van der Waals surface area contributed by atoms with Crippen LogP contribution in [0.15, 0.2) is 31.3 Å². The number of hydrogen-bond acceptors (Lipinski definition) is 5. The Morgan fingerprint density at radius 3 is 2.71 bits per heavy atom. The van der Waals surface area contributed by atoms with Crippen molar-refractivity contribution in [2.75, 3.05) is 6.54 Å². The van der Waals surface area contributed by atoms with Gasteiger partial charge in [0.15, 0.2) is 0 Å². The zero-order chi connectivity index (χ0) is 15.5. The van der Waals surface area contributed by atoms with Crippen molar-refractivity contribution < 1.29 is 12.8 Å². The summed E-state index contributed by atoms with van der Waals surface area (Å²) in [6.45, 7) is 5.23. The molecule has 2 aromatic heterocycles. The first-order chi connectivity index (χ1) is 9.92. The molecular formula is C13H17BrN2O3S2. The van der Waals surface area contributed by atoms with Crippen molar-refractivity contribution in [1.29, 1.82) is 0 Å². The number of nitrogens with one attached hydrogen (secondary N) is 2. The molecule has 0 aromatic carbocycles. The highest BCUT2D eigenvalue weighted by Crippen LogP contribution is 2.22. The molecule has 0 spiro atoms. The van der Waals surface area contributed by atoms with Gasteiger partial charge in [-0.25, -0.2) is 13.1 Å². The minimum atomic E-state index is -3.56. The molecule has 0 aliphatic rings. The molecule has 5 nitrogen and oxygen atoms in total. The van der Waals surface area contributed by atoms with Gasteiger partial charge in [0.05, 0.1) is 6.54 Å². The van der Waals surface area contributed by atoms with E-state index in [0.29, 0.717) is 18.1 Å². The number of sulfonamides is 1. The van der Waals surface area contributed by atoms with Gasteiger partial charge in [-0.15, -0.1) is 11.3 Å². The standard InChI is InChI=1S/C13H17BrN2O3S2/c1-3-15-6-11-5-13(9(2)19-11)21(17,18)16-7-12-4-10(14)8-20-12/h4-5,8,15-16H,3,6-7H2,1-2H3. The van der Waals surface area contributed by atoms with Crippen molar-refractivity contribution in [3.63, 3.8) is 0 Å². The largest absolute Gasteiger partial charge is 0.464 e. The molecule has 0 fully saturated rings. The summed E-state index contributed by atoms with van der Waals surface area (Å²) in [5.41, 5.74) is 0. The van der Waals surface area contributed by atoms with Gasteiger partial charge in [0.1, 0.15) is 16.4 Å². The summed E-state index contributed by atoms with van der Waals surface area (Å²) in [5.74, 6) is 1.02. The number of hydrogen-bond donors (Lipinski definition) is 2. The molecule has 0 unspecified atom stereocenters. The molecule has 2 rings (SSSR count). The first-order valence-electron chi connectivity index (χ1n) is 6.45. The highest BCUT2D eigenvalue weighted by molar-refractivity contribution is 9.10. The average Bonchev–Trinajstić information content (AvgIpc) is 3.00. The normalized spacial score (nSPS) is 12.0. The van der Waals surface area contributed by atoms with E-state index in [4.69, 9.17) is 4.42 Å². The monoisotopic (exact) mass is 392 g/mol. The van der Waals surface area contributed by atoms with E-state index in [1.807, 2.05) is 18.4 Å². The topological polar surface area (TPSA) is 71.3 Å². The minimum Gasteiger partial charge on any atom is -0.464 e. The molecule has 0 aliphatic heterocycles. The third-order valence-electron chi connectivity index (χ3n) is 2.82. The van der Waals surface area contributed by atoms with Crippen molar-refractivity contribution in [1.82, 2.24) is 10.0 Å². The van der Waals surface area contributed by atoms with Crippen LogP contribution in [0.4, 0.5) is 0 Å². The summed E-state index contributed by atoms with van der Waals surface area (Å²) < 4.78 is 33.7. The van der Waals surface area contributed by atoms with Crippen LogP contribution in [0, 0.1) is 6.92 Å². The lowest BCUT2D eigenvalue weighted by molar-refractivity contribution is 0.460. The van der Waals surface area contributed by atoms with Crippen molar-refractivity contribution >= 4 is 37.3 Å². The molecular weight excluding hydrogens is 376 g/mol. The summed E-state index contributed by atoms with van der Waals surface area (Å²) in [4.78, 5) is 1.14. The molecule has 0 radical (unpaired) electrons. The lowest BCUT2D eigenvalue weighted by Crippen LogP contribution is -2.23. The summed E-state index contributed by atoms with van der Waals surface area (Å²) >= 11 is 4.85. The Hall–Kier alpha value is -0.670. The summed E-state index contributed by atoms with van der Waals surface area (Å²) in [5, 5.41) is 5.02. The van der Waals surface area contributed by atoms with Gasteiger partial charge in [-0.3, -0.25) is 0 Å². The minimum absolute atomic E-state index is 0.200. The summed E-state index contributed by atoms with van der Waals surface area (Å²) in [7, 11) is -3.56. The van der Waals surface area contributed by atoms with Gasteiger partial charge >= 0.3 is 0 Å². The number of aryl methyl sites for hydroxylation is 1. The molecule has 0 saturated carbocycles. The molecule has 2 heterocycles. The lowest BCUT2D eigenvalue weighted by Gasteiger charge is -2.03. The molecule has 8 heteroatoms. The maximum Gasteiger partial charge on any atom is 0.244 e. The third-order valence-corrected chi connectivity index (χ3v) is 6.03. The third kappa shape index (κ3) is 4.40. The second-order valence-corrected chi connectivity index (χ2v) is 8.12. The van der Waals surface area contributed by atoms with Gasteiger partial charge in [0.2, 0.25) is 10.0 Å². The average molecular weight is 393 g/mol. The van der Waals surface area contributed by atoms with E-state index in [-0.39, 0.29) is 11.4 Å². The highest BCUT2D eigenvalue weighted by atomic mass is 79.9. The Bertz CT molecular complexity index is 707. The molecule has 0 amide bonds. The van der Waals surface area contributed by atoms with Crippen molar-refractivity contribution in [2.24, 2.45) is 0 Å². The van der Waals surface area contributed by atoms with Crippen molar-refractivity contribution in [3.8, 4) is 0 Å². The van der Waals surface area contributed by atoms with E-state index in [2.05, 4.69) is 26.0 Å². The molecule has 2 aromatic rings. The second-order valence-electron chi connectivity index (χ2n) is 4.47. The van der Waals surface area contributed by atoms with E-state index >= 15 is 0 Å². The van der Waals surface area contributed by atoms with Gasteiger partial charge in [-0.2, -0.15) is 0 Å². The van der Waals surface area contributed by atoms with E-state index in [0.717, 1.165) is 15.9 Å². The second kappa shape index (κ2) is 7.06. The fraction of sp³-hybridized carbons (Fsp3) is 0.385. The van der Waals surface area contributed by atoms with Crippen LogP contribution in [-0.4, -0.2) is 15.0 Å².